The Bertz CT molecular complexity index is 674. The van der Waals surface area contributed by atoms with E-state index in [4.69, 9.17) is 0 Å². The van der Waals surface area contributed by atoms with E-state index in [1.54, 1.807) is 17.8 Å². The molecular weight excluding hydrogens is 311 g/mol. The molecule has 23 heavy (non-hydrogen) atoms. The molecule has 6 nitrogen and oxygen atoms in total. The van der Waals surface area contributed by atoms with Gasteiger partial charge in [-0.25, -0.2) is 0 Å². The molecule has 2 rings (SSSR count). The van der Waals surface area contributed by atoms with Crippen LogP contribution in [0.2, 0.25) is 0 Å². The number of hydrogen-bond donors (Lipinski definition) is 1. The third kappa shape index (κ3) is 4.33. The van der Waals surface area contributed by atoms with E-state index in [0.717, 1.165) is 6.07 Å². The third-order valence-corrected chi connectivity index (χ3v) is 3.32. The molecule has 1 amide bonds. The highest BCUT2D eigenvalue weighted by molar-refractivity contribution is 5.93. The lowest BCUT2D eigenvalue weighted by Gasteiger charge is -2.06. The maximum Gasteiger partial charge on any atom is 0.435 e. The quantitative estimate of drug-likeness (QED) is 0.827. The first-order valence-electron chi connectivity index (χ1n) is 7.23. The predicted molar refractivity (Wildman–Crippen MR) is 76.8 cm³/mol. The zero-order valence-electron chi connectivity index (χ0n) is 12.9. The van der Waals surface area contributed by atoms with Crippen LogP contribution < -0.4 is 5.32 Å². The van der Waals surface area contributed by atoms with Crippen molar-refractivity contribution in [2.75, 3.05) is 6.54 Å². The molecule has 1 N–H and O–H groups in total. The Morgan fingerprint density at radius 2 is 2.13 bits per heavy atom. The highest BCUT2D eigenvalue weighted by Gasteiger charge is 2.34. The van der Waals surface area contributed by atoms with Crippen LogP contribution in [0.3, 0.4) is 0 Å². The summed E-state index contributed by atoms with van der Waals surface area (Å²) in [6.07, 6.45) is -0.841. The van der Waals surface area contributed by atoms with Crippen molar-refractivity contribution < 1.29 is 18.0 Å². The van der Waals surface area contributed by atoms with Crippen LogP contribution in [-0.2, 0) is 19.3 Å². The van der Waals surface area contributed by atoms with Gasteiger partial charge in [0.05, 0.1) is 11.8 Å². The molecule has 0 aromatic carbocycles. The van der Waals surface area contributed by atoms with Gasteiger partial charge >= 0.3 is 6.18 Å². The van der Waals surface area contributed by atoms with E-state index in [-0.39, 0.29) is 5.91 Å². The molecule has 0 aliphatic carbocycles. The molecule has 2 aromatic rings. The molecule has 0 fully saturated rings. The summed E-state index contributed by atoms with van der Waals surface area (Å²) in [6.45, 7) is 4.80. The summed E-state index contributed by atoms with van der Waals surface area (Å²) in [5.41, 5.74) is 0.000339. The van der Waals surface area contributed by atoms with Crippen molar-refractivity contribution in [2.24, 2.45) is 0 Å². The zero-order chi connectivity index (χ0) is 17.0. The number of alkyl halides is 3. The SMILES string of the molecule is CCn1cc(C(=O)NCCCn2nc(C(F)(F)F)cc2C)cn1. The number of aromatic nitrogens is 4. The molecule has 0 spiro atoms. The highest BCUT2D eigenvalue weighted by atomic mass is 19.4. The molecule has 2 heterocycles. The summed E-state index contributed by atoms with van der Waals surface area (Å²) in [6, 6.07) is 1.01. The maximum atomic E-state index is 12.6. The Labute approximate surface area is 131 Å². The Morgan fingerprint density at radius 1 is 1.39 bits per heavy atom. The molecule has 126 valence electrons. The van der Waals surface area contributed by atoms with Crippen LogP contribution in [0.1, 0.15) is 35.1 Å². The molecule has 2 aromatic heterocycles. The fraction of sp³-hybridized carbons (Fsp3) is 0.500. The van der Waals surface area contributed by atoms with Crippen LogP contribution in [-0.4, -0.2) is 32.0 Å². The number of nitrogens with one attached hydrogen (secondary N) is 1. The first-order valence-corrected chi connectivity index (χ1v) is 7.23. The van der Waals surface area contributed by atoms with Crippen molar-refractivity contribution in [3.05, 3.63) is 35.4 Å². The van der Waals surface area contributed by atoms with E-state index in [1.807, 2.05) is 6.92 Å². The Hall–Kier alpha value is -2.32. The summed E-state index contributed by atoms with van der Waals surface area (Å²) in [5.74, 6) is -0.252. The van der Waals surface area contributed by atoms with Gasteiger partial charge in [0.2, 0.25) is 0 Å². The van der Waals surface area contributed by atoms with Gasteiger partial charge in [0.15, 0.2) is 5.69 Å². The van der Waals surface area contributed by atoms with E-state index >= 15 is 0 Å². The Balaban J connectivity index is 1.81. The average molecular weight is 329 g/mol. The zero-order valence-corrected chi connectivity index (χ0v) is 12.9. The van der Waals surface area contributed by atoms with Gasteiger partial charge < -0.3 is 5.32 Å². The molecular formula is C14H18F3N5O. The Morgan fingerprint density at radius 3 is 2.70 bits per heavy atom. The number of halogens is 3. The van der Waals surface area contributed by atoms with Gasteiger partial charge in [-0.2, -0.15) is 23.4 Å². The molecule has 0 bridgehead atoms. The number of nitrogens with zero attached hydrogens (tertiary/aromatic N) is 4. The topological polar surface area (TPSA) is 64.7 Å². The first kappa shape index (κ1) is 17.0. The van der Waals surface area contributed by atoms with Crippen molar-refractivity contribution in [3.8, 4) is 0 Å². The van der Waals surface area contributed by atoms with Gasteiger partial charge in [-0.15, -0.1) is 0 Å². The number of carbonyl (C=O) groups is 1. The molecule has 0 aliphatic heterocycles. The van der Waals surface area contributed by atoms with Crippen LogP contribution in [0.15, 0.2) is 18.5 Å². The van der Waals surface area contributed by atoms with E-state index in [1.165, 1.54) is 10.9 Å². The summed E-state index contributed by atoms with van der Waals surface area (Å²) < 4.78 is 40.6. The molecule has 0 atom stereocenters. The molecule has 0 saturated heterocycles. The molecule has 0 radical (unpaired) electrons. The summed E-state index contributed by atoms with van der Waals surface area (Å²) in [7, 11) is 0. The van der Waals surface area contributed by atoms with Crippen molar-refractivity contribution >= 4 is 5.91 Å². The number of amides is 1. The number of rotatable bonds is 6. The average Bonchev–Trinajstić information content (AvgIpc) is 3.09. The molecule has 9 heteroatoms. The number of carbonyl (C=O) groups excluding carboxylic acids is 1. The van der Waals surface area contributed by atoms with Gasteiger partial charge in [-0.1, -0.05) is 0 Å². The minimum atomic E-state index is -4.44. The van der Waals surface area contributed by atoms with E-state index in [2.05, 4.69) is 15.5 Å². The van der Waals surface area contributed by atoms with Crippen molar-refractivity contribution in [3.63, 3.8) is 0 Å². The maximum absolute atomic E-state index is 12.6. The second-order valence-electron chi connectivity index (χ2n) is 5.09. The standard InChI is InChI=1S/C14H18F3N5O/c1-3-21-9-11(8-19-21)13(23)18-5-4-6-22-10(2)7-12(20-22)14(15,16)17/h7-9H,3-6H2,1-2H3,(H,18,23). The van der Waals surface area contributed by atoms with Crippen LogP contribution in [0.25, 0.3) is 0 Å². The predicted octanol–water partition coefficient (Wildman–Crippen LogP) is 2.25. The van der Waals surface area contributed by atoms with Crippen LogP contribution >= 0.6 is 0 Å². The first-order chi connectivity index (χ1) is 10.8. The molecule has 0 saturated carbocycles. The minimum Gasteiger partial charge on any atom is -0.352 e. The fourth-order valence-electron chi connectivity index (χ4n) is 2.06. The second kappa shape index (κ2) is 6.84. The van der Waals surface area contributed by atoms with Gasteiger partial charge in [0.1, 0.15) is 0 Å². The smallest absolute Gasteiger partial charge is 0.352 e. The van der Waals surface area contributed by atoms with Gasteiger partial charge in [0.25, 0.3) is 5.91 Å². The largest absolute Gasteiger partial charge is 0.435 e. The molecule has 0 unspecified atom stereocenters. The summed E-state index contributed by atoms with van der Waals surface area (Å²) in [4.78, 5) is 11.9. The molecule has 0 aliphatic rings. The monoisotopic (exact) mass is 329 g/mol. The fourth-order valence-corrected chi connectivity index (χ4v) is 2.06. The van der Waals surface area contributed by atoms with Crippen LogP contribution in [0.4, 0.5) is 13.2 Å². The van der Waals surface area contributed by atoms with Crippen molar-refractivity contribution in [1.29, 1.82) is 0 Å². The van der Waals surface area contributed by atoms with Crippen molar-refractivity contribution in [1.82, 2.24) is 24.9 Å². The van der Waals surface area contributed by atoms with Crippen molar-refractivity contribution in [2.45, 2.75) is 39.5 Å². The second-order valence-corrected chi connectivity index (χ2v) is 5.09. The third-order valence-electron chi connectivity index (χ3n) is 3.32. The van der Waals surface area contributed by atoms with Gasteiger partial charge in [-0.05, 0) is 26.3 Å². The summed E-state index contributed by atoms with van der Waals surface area (Å²) >= 11 is 0. The normalized spacial score (nSPS) is 11.7. The van der Waals surface area contributed by atoms with E-state index in [0.29, 0.717) is 37.3 Å². The number of hydrogen-bond acceptors (Lipinski definition) is 3. The van der Waals surface area contributed by atoms with E-state index in [9.17, 15) is 18.0 Å². The van der Waals surface area contributed by atoms with Gasteiger partial charge in [0, 0.05) is 31.5 Å². The Kier molecular flexibility index (Phi) is 5.07. The lowest BCUT2D eigenvalue weighted by molar-refractivity contribution is -0.141. The van der Waals surface area contributed by atoms with E-state index < -0.39 is 11.9 Å². The van der Waals surface area contributed by atoms with Gasteiger partial charge in [-0.3, -0.25) is 14.2 Å². The van der Waals surface area contributed by atoms with Crippen LogP contribution in [0, 0.1) is 6.92 Å². The lowest BCUT2D eigenvalue weighted by atomic mass is 10.3. The lowest BCUT2D eigenvalue weighted by Crippen LogP contribution is -2.25. The van der Waals surface area contributed by atoms with Crippen LogP contribution in [0.5, 0.6) is 0 Å². The number of aryl methyl sites for hydroxylation is 3. The summed E-state index contributed by atoms with van der Waals surface area (Å²) in [5, 5.41) is 10.2. The minimum absolute atomic E-state index is 0.252. The highest BCUT2D eigenvalue weighted by Crippen LogP contribution is 2.28.